The van der Waals surface area contributed by atoms with Gasteiger partial charge in [0, 0.05) is 23.5 Å². The van der Waals surface area contributed by atoms with E-state index >= 15 is 0 Å². The Hall–Kier alpha value is -2.19. The summed E-state index contributed by atoms with van der Waals surface area (Å²) in [5, 5.41) is 6.27. The van der Waals surface area contributed by atoms with E-state index in [-0.39, 0.29) is 18.9 Å². The number of hydrogen-bond acceptors (Lipinski definition) is 5. The van der Waals surface area contributed by atoms with E-state index in [1.807, 2.05) is 38.1 Å². The van der Waals surface area contributed by atoms with Crippen LogP contribution in [0.5, 0.6) is 0 Å². The van der Waals surface area contributed by atoms with Crippen LogP contribution in [-0.2, 0) is 25.3 Å². The van der Waals surface area contributed by atoms with Crippen LogP contribution in [0.3, 0.4) is 0 Å². The Balaban J connectivity index is 2.19. The molecule has 2 atom stereocenters. The van der Waals surface area contributed by atoms with Gasteiger partial charge in [0.1, 0.15) is 6.04 Å². The largest absolute Gasteiger partial charge is 0.464 e. The van der Waals surface area contributed by atoms with Crippen LogP contribution in [0.25, 0.3) is 10.9 Å². The second kappa shape index (κ2) is 10.7. The first-order chi connectivity index (χ1) is 14.1. The van der Waals surface area contributed by atoms with Gasteiger partial charge in [-0.2, -0.15) is 0 Å². The Labute approximate surface area is 175 Å². The first-order valence-electron chi connectivity index (χ1n) is 9.90. The molecule has 2 aromatic rings. The van der Waals surface area contributed by atoms with Crippen molar-refractivity contribution in [2.75, 3.05) is 12.9 Å². The lowest BCUT2D eigenvalue weighted by Crippen LogP contribution is -2.51. The van der Waals surface area contributed by atoms with Crippen molar-refractivity contribution in [3.05, 3.63) is 36.0 Å². The summed E-state index contributed by atoms with van der Waals surface area (Å²) in [4.78, 5) is 46.8. The second-order valence-corrected chi connectivity index (χ2v) is 9.23. The number of hydrogen-bond donors (Lipinski definition) is 5. The Kier molecular flexibility index (Phi) is 8.61. The molecule has 0 aliphatic heterocycles. The molecule has 0 aliphatic carbocycles. The van der Waals surface area contributed by atoms with Gasteiger partial charge < -0.3 is 24.8 Å². The van der Waals surface area contributed by atoms with Crippen molar-refractivity contribution in [1.29, 1.82) is 0 Å². The number of para-hydroxylation sites is 1. The van der Waals surface area contributed by atoms with Gasteiger partial charge in [0.15, 0.2) is 0 Å². The summed E-state index contributed by atoms with van der Waals surface area (Å²) in [6.45, 7) is 5.65. The summed E-state index contributed by atoms with van der Waals surface area (Å²) in [6.07, 6.45) is 1.75. The number of benzene rings is 1. The van der Waals surface area contributed by atoms with E-state index in [0.717, 1.165) is 16.5 Å². The molecule has 1 amide bonds. The third-order valence-electron chi connectivity index (χ3n) is 4.55. The van der Waals surface area contributed by atoms with Crippen LogP contribution in [0.2, 0.25) is 0 Å². The molecule has 0 bridgehead atoms. The summed E-state index contributed by atoms with van der Waals surface area (Å²) >= 11 is 0. The molecular weight excluding hydrogens is 409 g/mol. The van der Waals surface area contributed by atoms with Gasteiger partial charge in [0.05, 0.1) is 18.9 Å². The van der Waals surface area contributed by atoms with Gasteiger partial charge in [-0.1, -0.05) is 32.0 Å². The number of nitrogens with one attached hydrogen (secondary N) is 3. The molecule has 1 aromatic carbocycles. The van der Waals surface area contributed by atoms with Gasteiger partial charge in [0.2, 0.25) is 5.91 Å². The van der Waals surface area contributed by atoms with Crippen LogP contribution in [0.4, 0.5) is 0 Å². The van der Waals surface area contributed by atoms with Gasteiger partial charge in [0.25, 0.3) is 0 Å². The summed E-state index contributed by atoms with van der Waals surface area (Å²) in [5.41, 5.74) is 1.77. The Bertz CT molecular complexity index is 907. The van der Waals surface area contributed by atoms with Gasteiger partial charge in [-0.25, -0.2) is 4.79 Å². The number of esters is 1. The summed E-state index contributed by atoms with van der Waals surface area (Å²) in [6, 6.07) is 5.86. The number of amides is 1. The van der Waals surface area contributed by atoms with Crippen LogP contribution < -0.4 is 10.6 Å². The molecule has 0 aliphatic rings. The van der Waals surface area contributed by atoms with Crippen molar-refractivity contribution in [1.82, 2.24) is 15.6 Å². The molecule has 2 unspecified atom stereocenters. The Morgan fingerprint density at radius 2 is 1.90 bits per heavy atom. The van der Waals surface area contributed by atoms with Crippen LogP contribution >= 0.6 is 7.60 Å². The topological polar surface area (TPSA) is 141 Å². The Morgan fingerprint density at radius 1 is 1.20 bits per heavy atom. The van der Waals surface area contributed by atoms with Gasteiger partial charge in [-0.15, -0.1) is 0 Å². The molecule has 2 rings (SSSR count). The molecule has 0 radical (unpaired) electrons. The first kappa shape index (κ1) is 24.1. The fraction of sp³-hybridized carbons (Fsp3) is 0.500. The van der Waals surface area contributed by atoms with Crippen LogP contribution in [0, 0.1) is 5.92 Å². The highest BCUT2D eigenvalue weighted by Gasteiger charge is 2.29. The zero-order chi connectivity index (χ0) is 22.3. The van der Waals surface area contributed by atoms with Crippen molar-refractivity contribution in [2.24, 2.45) is 5.92 Å². The monoisotopic (exact) mass is 439 g/mol. The SMILES string of the molecule is CCOC(=O)C(Cc1c[nH]c2ccccc12)NC(=O)C(CC(C)C)NCP(=O)(O)O. The van der Waals surface area contributed by atoms with Crippen LogP contribution in [0.15, 0.2) is 30.5 Å². The normalized spacial score (nSPS) is 13.9. The smallest absolute Gasteiger partial charge is 0.339 e. The minimum Gasteiger partial charge on any atom is -0.464 e. The molecule has 30 heavy (non-hydrogen) atoms. The number of carbonyl (C=O) groups excluding carboxylic acids is 2. The standard InChI is InChI=1S/C20H30N3O6P/c1-4-29-20(25)18(10-14-11-21-16-8-6-5-7-15(14)16)23-19(24)17(9-13(2)3)22-12-30(26,27)28/h5-8,11,13,17-18,21-22H,4,9-10,12H2,1-3H3,(H,23,24)(H2,26,27,28). The average Bonchev–Trinajstić information content (AvgIpc) is 3.06. The van der Waals surface area contributed by atoms with E-state index in [2.05, 4.69) is 15.6 Å². The summed E-state index contributed by atoms with van der Waals surface area (Å²) < 4.78 is 16.4. The van der Waals surface area contributed by atoms with E-state index < -0.39 is 37.8 Å². The maximum atomic E-state index is 12.9. The zero-order valence-corrected chi connectivity index (χ0v) is 18.3. The third kappa shape index (κ3) is 7.25. The number of ether oxygens (including phenoxy) is 1. The number of rotatable bonds is 11. The predicted molar refractivity (Wildman–Crippen MR) is 114 cm³/mol. The number of aromatic nitrogens is 1. The fourth-order valence-corrected chi connectivity index (χ4v) is 3.67. The molecular formula is C20H30N3O6P. The van der Waals surface area contributed by atoms with Gasteiger partial charge in [-0.05, 0) is 30.9 Å². The van der Waals surface area contributed by atoms with E-state index in [1.165, 1.54) is 0 Å². The van der Waals surface area contributed by atoms with Crippen molar-refractivity contribution >= 4 is 30.4 Å². The lowest BCUT2D eigenvalue weighted by molar-refractivity contribution is -0.147. The maximum absolute atomic E-state index is 12.9. The highest BCUT2D eigenvalue weighted by atomic mass is 31.2. The van der Waals surface area contributed by atoms with Crippen molar-refractivity contribution in [3.8, 4) is 0 Å². The third-order valence-corrected chi connectivity index (χ3v) is 5.15. The minimum atomic E-state index is -4.33. The highest BCUT2D eigenvalue weighted by Crippen LogP contribution is 2.32. The lowest BCUT2D eigenvalue weighted by atomic mass is 10.0. The first-order valence-corrected chi connectivity index (χ1v) is 11.7. The predicted octanol–water partition coefficient (Wildman–Crippen LogP) is 1.90. The van der Waals surface area contributed by atoms with E-state index in [4.69, 9.17) is 14.5 Å². The molecule has 1 heterocycles. The van der Waals surface area contributed by atoms with Crippen molar-refractivity contribution in [2.45, 2.75) is 45.7 Å². The fourth-order valence-electron chi connectivity index (χ4n) is 3.21. The van der Waals surface area contributed by atoms with Crippen molar-refractivity contribution < 1.29 is 28.7 Å². The molecule has 0 fully saturated rings. The molecule has 9 nitrogen and oxygen atoms in total. The van der Waals surface area contributed by atoms with Gasteiger partial charge >= 0.3 is 13.6 Å². The second-order valence-electron chi connectivity index (χ2n) is 7.59. The van der Waals surface area contributed by atoms with Crippen LogP contribution in [0.1, 0.15) is 32.8 Å². The van der Waals surface area contributed by atoms with Crippen molar-refractivity contribution in [3.63, 3.8) is 0 Å². The molecule has 166 valence electrons. The number of carbonyl (C=O) groups is 2. The molecule has 10 heteroatoms. The minimum absolute atomic E-state index is 0.0969. The number of H-pyrrole nitrogens is 1. The number of fused-ring (bicyclic) bond motifs is 1. The Morgan fingerprint density at radius 3 is 2.53 bits per heavy atom. The maximum Gasteiger partial charge on any atom is 0.339 e. The lowest BCUT2D eigenvalue weighted by Gasteiger charge is -2.24. The van der Waals surface area contributed by atoms with E-state index in [0.29, 0.717) is 6.42 Å². The van der Waals surface area contributed by atoms with Gasteiger partial charge in [-0.3, -0.25) is 14.7 Å². The molecule has 0 saturated carbocycles. The average molecular weight is 439 g/mol. The molecule has 5 N–H and O–H groups in total. The quantitative estimate of drug-likeness (QED) is 0.266. The number of aromatic amines is 1. The molecule has 1 aromatic heterocycles. The summed E-state index contributed by atoms with van der Waals surface area (Å²) in [7, 11) is -4.33. The summed E-state index contributed by atoms with van der Waals surface area (Å²) in [5.74, 6) is -0.968. The van der Waals surface area contributed by atoms with E-state index in [1.54, 1.807) is 13.1 Å². The zero-order valence-electron chi connectivity index (χ0n) is 17.4. The van der Waals surface area contributed by atoms with Crippen LogP contribution in [-0.4, -0.2) is 51.6 Å². The van der Waals surface area contributed by atoms with E-state index in [9.17, 15) is 14.2 Å². The highest BCUT2D eigenvalue weighted by molar-refractivity contribution is 7.51. The molecule has 0 spiro atoms. The molecule has 0 saturated heterocycles.